The Morgan fingerprint density at radius 1 is 1.15 bits per heavy atom. The number of non-ortho nitro benzene ring substituents is 1. The third kappa shape index (κ3) is 6.63. The number of benzene rings is 1. The molecule has 0 radical (unpaired) electrons. The highest BCUT2D eigenvalue weighted by molar-refractivity contribution is 5.96. The summed E-state index contributed by atoms with van der Waals surface area (Å²) in [6.07, 6.45) is 2.74. The van der Waals surface area contributed by atoms with Gasteiger partial charge < -0.3 is 15.1 Å². The van der Waals surface area contributed by atoms with Gasteiger partial charge in [-0.05, 0) is 51.0 Å². The fraction of sp³-hybridized carbons (Fsp3) is 0.579. The van der Waals surface area contributed by atoms with E-state index in [0.29, 0.717) is 12.1 Å². The molecule has 0 bridgehead atoms. The second-order valence-corrected chi connectivity index (χ2v) is 6.75. The van der Waals surface area contributed by atoms with Crippen LogP contribution in [0.3, 0.4) is 0 Å². The number of nitro benzene ring substituents is 1. The van der Waals surface area contributed by atoms with Crippen molar-refractivity contribution in [2.24, 2.45) is 0 Å². The molecule has 8 heteroatoms. The van der Waals surface area contributed by atoms with Crippen LogP contribution in [0.4, 0.5) is 5.69 Å². The fourth-order valence-electron chi connectivity index (χ4n) is 2.86. The molecule has 1 fully saturated rings. The van der Waals surface area contributed by atoms with Crippen molar-refractivity contribution < 1.29 is 14.5 Å². The summed E-state index contributed by atoms with van der Waals surface area (Å²) in [5.74, 6) is -0.439. The maximum atomic E-state index is 12.8. The van der Waals surface area contributed by atoms with Gasteiger partial charge in [-0.2, -0.15) is 0 Å². The van der Waals surface area contributed by atoms with Gasteiger partial charge in [0.2, 0.25) is 5.91 Å². The average Bonchev–Trinajstić information content (AvgIpc) is 3.47. The zero-order chi connectivity index (χ0) is 19.8. The Morgan fingerprint density at radius 3 is 2.30 bits per heavy atom. The highest BCUT2D eigenvalue weighted by Gasteiger charge is 2.26. The topological polar surface area (TPSA) is 95.8 Å². The largest absolute Gasteiger partial charge is 0.352 e. The van der Waals surface area contributed by atoms with Gasteiger partial charge in [0.15, 0.2) is 0 Å². The van der Waals surface area contributed by atoms with Crippen LogP contribution in [0.15, 0.2) is 24.3 Å². The van der Waals surface area contributed by atoms with Gasteiger partial charge in [0, 0.05) is 30.3 Å². The second-order valence-electron chi connectivity index (χ2n) is 6.75. The Kier molecular flexibility index (Phi) is 7.72. The van der Waals surface area contributed by atoms with Crippen molar-refractivity contribution in [3.8, 4) is 0 Å². The van der Waals surface area contributed by atoms with Crippen LogP contribution in [0.1, 0.15) is 43.5 Å². The molecule has 27 heavy (non-hydrogen) atoms. The van der Waals surface area contributed by atoms with Gasteiger partial charge >= 0.3 is 0 Å². The Hall–Kier alpha value is -2.48. The number of hydrogen-bond acceptors (Lipinski definition) is 5. The predicted molar refractivity (Wildman–Crippen MR) is 103 cm³/mol. The molecule has 0 aliphatic heterocycles. The van der Waals surface area contributed by atoms with Crippen LogP contribution in [-0.2, 0) is 4.79 Å². The first kappa shape index (κ1) is 20.8. The number of nitrogens with zero attached hydrogens (tertiary/aromatic N) is 3. The lowest BCUT2D eigenvalue weighted by molar-refractivity contribution is -0.384. The molecule has 8 nitrogen and oxygen atoms in total. The molecule has 0 aromatic heterocycles. The first-order valence-electron chi connectivity index (χ1n) is 9.50. The molecule has 1 saturated carbocycles. The number of amides is 2. The lowest BCUT2D eigenvalue weighted by Gasteiger charge is -2.24. The quantitative estimate of drug-likeness (QED) is 0.471. The first-order valence-corrected chi connectivity index (χ1v) is 9.50. The van der Waals surface area contributed by atoms with Crippen molar-refractivity contribution in [1.29, 1.82) is 0 Å². The molecule has 1 aromatic carbocycles. The van der Waals surface area contributed by atoms with E-state index in [1.165, 1.54) is 29.2 Å². The van der Waals surface area contributed by atoms with Gasteiger partial charge in [0.05, 0.1) is 11.5 Å². The molecule has 0 unspecified atom stereocenters. The minimum atomic E-state index is -0.501. The lowest BCUT2D eigenvalue weighted by Crippen LogP contribution is -2.42. The van der Waals surface area contributed by atoms with Crippen LogP contribution in [0.2, 0.25) is 0 Å². The van der Waals surface area contributed by atoms with E-state index in [0.717, 1.165) is 38.9 Å². The Bertz CT molecular complexity index is 654. The van der Waals surface area contributed by atoms with E-state index >= 15 is 0 Å². The fourth-order valence-corrected chi connectivity index (χ4v) is 2.86. The molecule has 1 aliphatic carbocycles. The smallest absolute Gasteiger partial charge is 0.269 e. The standard InChI is InChI=1S/C19H28N4O4/c1-3-21(4-2)12-5-13-22(14-18(24)20-16-8-9-16)19(25)15-6-10-17(11-7-15)23(26)27/h6-7,10-11,16H,3-5,8-9,12-14H2,1-2H3,(H,20,24). The summed E-state index contributed by atoms with van der Waals surface area (Å²) in [5, 5.41) is 13.7. The summed E-state index contributed by atoms with van der Waals surface area (Å²) in [5.41, 5.74) is 0.286. The van der Waals surface area contributed by atoms with Gasteiger partial charge in [-0.1, -0.05) is 13.8 Å². The molecule has 0 atom stereocenters. The van der Waals surface area contributed by atoms with Crippen LogP contribution < -0.4 is 5.32 Å². The van der Waals surface area contributed by atoms with Gasteiger partial charge in [-0.25, -0.2) is 0 Å². The molecule has 0 spiro atoms. The zero-order valence-electron chi connectivity index (χ0n) is 16.0. The molecule has 2 amide bonds. The number of hydrogen-bond donors (Lipinski definition) is 1. The molecule has 1 N–H and O–H groups in total. The number of carbonyl (C=O) groups is 2. The molecule has 0 saturated heterocycles. The summed E-state index contributed by atoms with van der Waals surface area (Å²) in [4.78, 5) is 39.1. The van der Waals surface area contributed by atoms with E-state index in [1.54, 1.807) is 0 Å². The Balaban J connectivity index is 2.02. The first-order chi connectivity index (χ1) is 12.9. The minimum absolute atomic E-state index is 0.00453. The SMILES string of the molecule is CCN(CC)CCCN(CC(=O)NC1CC1)C(=O)c1ccc([N+](=O)[O-])cc1. The van der Waals surface area contributed by atoms with Crippen molar-refractivity contribution in [3.63, 3.8) is 0 Å². The van der Waals surface area contributed by atoms with Crippen LogP contribution in [-0.4, -0.2) is 65.3 Å². The molecule has 1 aliphatic rings. The van der Waals surface area contributed by atoms with Crippen molar-refractivity contribution in [3.05, 3.63) is 39.9 Å². The van der Waals surface area contributed by atoms with Gasteiger partial charge in [-0.3, -0.25) is 19.7 Å². The van der Waals surface area contributed by atoms with Crippen LogP contribution in [0.5, 0.6) is 0 Å². The Labute approximate surface area is 159 Å². The number of nitro groups is 1. The van der Waals surface area contributed by atoms with E-state index in [2.05, 4.69) is 24.1 Å². The van der Waals surface area contributed by atoms with Crippen LogP contribution in [0.25, 0.3) is 0 Å². The van der Waals surface area contributed by atoms with Gasteiger partial charge in [-0.15, -0.1) is 0 Å². The van der Waals surface area contributed by atoms with E-state index in [9.17, 15) is 19.7 Å². The minimum Gasteiger partial charge on any atom is -0.352 e. The molecule has 2 rings (SSSR count). The van der Waals surface area contributed by atoms with Crippen molar-refractivity contribution in [2.75, 3.05) is 32.7 Å². The third-order valence-corrected chi connectivity index (χ3v) is 4.69. The summed E-state index contributed by atoms with van der Waals surface area (Å²) in [7, 11) is 0. The molecule has 148 valence electrons. The van der Waals surface area contributed by atoms with Crippen molar-refractivity contribution in [1.82, 2.24) is 15.1 Å². The van der Waals surface area contributed by atoms with Crippen molar-refractivity contribution in [2.45, 2.75) is 39.2 Å². The highest BCUT2D eigenvalue weighted by atomic mass is 16.6. The normalized spacial score (nSPS) is 13.4. The monoisotopic (exact) mass is 376 g/mol. The predicted octanol–water partition coefficient (Wildman–Crippen LogP) is 2.05. The third-order valence-electron chi connectivity index (χ3n) is 4.69. The zero-order valence-corrected chi connectivity index (χ0v) is 16.0. The number of carbonyl (C=O) groups excluding carboxylic acids is 2. The van der Waals surface area contributed by atoms with E-state index in [4.69, 9.17) is 0 Å². The average molecular weight is 376 g/mol. The molecular formula is C19H28N4O4. The highest BCUT2D eigenvalue weighted by Crippen LogP contribution is 2.18. The second kappa shape index (κ2) is 10.0. The van der Waals surface area contributed by atoms with Gasteiger partial charge in [0.25, 0.3) is 11.6 Å². The van der Waals surface area contributed by atoms with Crippen molar-refractivity contribution >= 4 is 17.5 Å². The summed E-state index contributed by atoms with van der Waals surface area (Å²) < 4.78 is 0. The van der Waals surface area contributed by atoms with E-state index < -0.39 is 4.92 Å². The lowest BCUT2D eigenvalue weighted by atomic mass is 10.1. The van der Waals surface area contributed by atoms with Crippen LogP contribution >= 0.6 is 0 Å². The molecular weight excluding hydrogens is 348 g/mol. The Morgan fingerprint density at radius 2 is 1.78 bits per heavy atom. The maximum Gasteiger partial charge on any atom is 0.269 e. The van der Waals surface area contributed by atoms with Gasteiger partial charge in [0.1, 0.15) is 0 Å². The van der Waals surface area contributed by atoms with E-state index in [-0.39, 0.29) is 30.1 Å². The van der Waals surface area contributed by atoms with E-state index in [1.807, 2.05) is 0 Å². The number of nitrogens with one attached hydrogen (secondary N) is 1. The number of rotatable bonds is 11. The van der Waals surface area contributed by atoms with Crippen LogP contribution in [0, 0.1) is 10.1 Å². The maximum absolute atomic E-state index is 12.8. The molecule has 0 heterocycles. The summed E-state index contributed by atoms with van der Waals surface area (Å²) in [6.45, 7) is 7.37. The summed E-state index contributed by atoms with van der Waals surface area (Å²) >= 11 is 0. The molecule has 1 aromatic rings. The summed E-state index contributed by atoms with van der Waals surface area (Å²) in [6, 6.07) is 5.74.